The highest BCUT2D eigenvalue weighted by molar-refractivity contribution is 5.87. The average Bonchev–Trinajstić information content (AvgIpc) is 3.30. The van der Waals surface area contributed by atoms with Gasteiger partial charge in [0.1, 0.15) is 11.0 Å². The van der Waals surface area contributed by atoms with Gasteiger partial charge in [0, 0.05) is 0 Å². The second kappa shape index (κ2) is 15.4. The first kappa shape index (κ1) is 28.0. The van der Waals surface area contributed by atoms with Gasteiger partial charge in [-0.2, -0.15) is 0 Å². The van der Waals surface area contributed by atoms with Crippen LogP contribution in [-0.2, 0) is 13.1 Å². The minimum atomic E-state index is 0.0887. The van der Waals surface area contributed by atoms with E-state index in [1.807, 2.05) is 24.3 Å². The summed E-state index contributed by atoms with van der Waals surface area (Å²) in [6.45, 7) is 3.77. The number of para-hydroxylation sites is 2. The number of aromatic amines is 1. The maximum atomic E-state index is 12.7. The maximum Gasteiger partial charge on any atom is 0.356 e. The molecule has 0 unspecified atom stereocenters. The molecule has 0 aliphatic heterocycles. The van der Waals surface area contributed by atoms with E-state index in [4.69, 9.17) is 0 Å². The Balaban J connectivity index is 1.22. The molecule has 1 heterocycles. The molecule has 0 amide bonds. The van der Waals surface area contributed by atoms with E-state index in [1.165, 1.54) is 95.4 Å². The fourth-order valence-electron chi connectivity index (χ4n) is 5.64. The normalized spacial score (nSPS) is 11.5. The first-order chi connectivity index (χ1) is 18.8. The lowest BCUT2D eigenvalue weighted by atomic mass is 10.0. The van der Waals surface area contributed by atoms with Crippen molar-refractivity contribution in [3.05, 3.63) is 66.2 Å². The van der Waals surface area contributed by atoms with Gasteiger partial charge in [-0.15, -0.1) is 5.75 Å². The Morgan fingerprint density at radius 3 is 2.00 bits per heavy atom. The van der Waals surface area contributed by atoms with E-state index in [9.17, 15) is 5.11 Å². The smallest absolute Gasteiger partial charge is 0.356 e. The molecule has 38 heavy (non-hydrogen) atoms. The average molecular weight is 514 g/mol. The van der Waals surface area contributed by atoms with E-state index in [-0.39, 0.29) is 5.75 Å². The number of benzene rings is 3. The Morgan fingerprint density at radius 1 is 0.684 bits per heavy atom. The van der Waals surface area contributed by atoms with Crippen molar-refractivity contribution in [1.29, 1.82) is 0 Å². The number of nitrogens with zero attached hydrogens (tertiary/aromatic N) is 1. The van der Waals surface area contributed by atoms with Crippen molar-refractivity contribution in [3.63, 3.8) is 0 Å². The predicted octanol–water partition coefficient (Wildman–Crippen LogP) is 8.78. The van der Waals surface area contributed by atoms with Crippen LogP contribution in [0.4, 0.5) is 5.95 Å². The second-order valence-electron chi connectivity index (χ2n) is 10.9. The summed E-state index contributed by atoms with van der Waals surface area (Å²) < 4.78 is 2.35. The molecule has 0 fully saturated rings. The van der Waals surface area contributed by atoms with Crippen LogP contribution in [0, 0.1) is 0 Å². The molecular formula is C34H47N3O. The Labute approximate surface area is 229 Å². The number of H-pyrrole nitrogens is 1. The predicted molar refractivity (Wildman–Crippen MR) is 160 cm³/mol. The number of aryl methyl sites for hydroxylation is 1. The molecule has 4 heteroatoms. The third-order valence-corrected chi connectivity index (χ3v) is 7.88. The van der Waals surface area contributed by atoms with Gasteiger partial charge in [-0.05, 0) is 34.9 Å². The summed E-state index contributed by atoms with van der Waals surface area (Å²) >= 11 is 0. The highest BCUT2D eigenvalue weighted by Crippen LogP contribution is 2.26. The Morgan fingerprint density at radius 2 is 1.29 bits per heavy atom. The van der Waals surface area contributed by atoms with E-state index >= 15 is 0 Å². The van der Waals surface area contributed by atoms with E-state index in [0.29, 0.717) is 6.54 Å². The number of nitrogens with one attached hydrogen (secondary N) is 2. The zero-order valence-electron chi connectivity index (χ0n) is 23.4. The third-order valence-electron chi connectivity index (χ3n) is 7.88. The van der Waals surface area contributed by atoms with Gasteiger partial charge >= 0.3 is 5.95 Å². The summed E-state index contributed by atoms with van der Waals surface area (Å²) in [6.07, 6.45) is 19.2. The number of aromatic nitrogens is 2. The molecule has 0 bridgehead atoms. The summed E-state index contributed by atoms with van der Waals surface area (Å²) in [7, 11) is 0. The maximum absolute atomic E-state index is 12.7. The van der Waals surface area contributed by atoms with Crippen molar-refractivity contribution < 1.29 is 9.67 Å². The van der Waals surface area contributed by atoms with Gasteiger partial charge < -0.3 is 5.11 Å². The summed E-state index contributed by atoms with van der Waals surface area (Å²) in [5.74, 6) is 1.07. The molecule has 0 atom stereocenters. The summed E-state index contributed by atoms with van der Waals surface area (Å²) in [5.41, 5.74) is 3.16. The minimum absolute atomic E-state index is 0.0887. The SMILES string of the molecule is CCCCCCCCCCCCCCCC[n+]1c(NCc2c([O-])ccc3ccccc23)[nH]c2ccccc21. The van der Waals surface area contributed by atoms with Crippen LogP contribution in [0.3, 0.4) is 0 Å². The molecule has 4 rings (SSSR count). The number of anilines is 1. The summed E-state index contributed by atoms with van der Waals surface area (Å²) in [4.78, 5) is 3.55. The van der Waals surface area contributed by atoms with Gasteiger partial charge in [-0.1, -0.05) is 139 Å². The van der Waals surface area contributed by atoms with Crippen LogP contribution in [0.25, 0.3) is 21.8 Å². The molecule has 0 saturated carbocycles. The van der Waals surface area contributed by atoms with Crippen LogP contribution in [0.15, 0.2) is 60.7 Å². The monoisotopic (exact) mass is 513 g/mol. The van der Waals surface area contributed by atoms with E-state index in [2.05, 4.69) is 52.1 Å². The van der Waals surface area contributed by atoms with Crippen molar-refractivity contribution in [2.45, 2.75) is 110 Å². The Hall–Kier alpha value is -3.01. The minimum Gasteiger partial charge on any atom is -0.872 e. The number of rotatable bonds is 18. The molecule has 1 aromatic heterocycles. The quantitative estimate of drug-likeness (QED) is 0.103. The van der Waals surface area contributed by atoms with Crippen molar-refractivity contribution in [2.75, 3.05) is 5.32 Å². The first-order valence-corrected chi connectivity index (χ1v) is 15.2. The van der Waals surface area contributed by atoms with E-state index in [0.717, 1.165) is 34.3 Å². The first-order valence-electron chi connectivity index (χ1n) is 15.2. The van der Waals surface area contributed by atoms with Crippen molar-refractivity contribution >= 4 is 27.8 Å². The number of hydrogen-bond acceptors (Lipinski definition) is 2. The molecule has 0 aliphatic rings. The van der Waals surface area contributed by atoms with Crippen molar-refractivity contribution in [3.8, 4) is 5.75 Å². The molecule has 4 nitrogen and oxygen atoms in total. The largest absolute Gasteiger partial charge is 0.872 e. The van der Waals surface area contributed by atoms with Crippen LogP contribution in [-0.4, -0.2) is 4.98 Å². The van der Waals surface area contributed by atoms with E-state index in [1.54, 1.807) is 6.07 Å². The number of imidazole rings is 1. The lowest BCUT2D eigenvalue weighted by Crippen LogP contribution is -2.36. The van der Waals surface area contributed by atoms with Gasteiger partial charge in [0.05, 0.1) is 13.1 Å². The van der Waals surface area contributed by atoms with Crippen LogP contribution >= 0.6 is 0 Å². The highest BCUT2D eigenvalue weighted by Gasteiger charge is 2.17. The third kappa shape index (κ3) is 7.99. The molecule has 3 aromatic carbocycles. The molecular weight excluding hydrogens is 466 g/mol. The topological polar surface area (TPSA) is 54.8 Å². The molecule has 0 spiro atoms. The van der Waals surface area contributed by atoms with Crippen LogP contribution in [0.1, 0.15) is 102 Å². The summed E-state index contributed by atoms with van der Waals surface area (Å²) in [6, 6.07) is 20.2. The molecule has 0 aliphatic carbocycles. The molecule has 204 valence electrons. The Bertz CT molecular complexity index is 1250. The second-order valence-corrected chi connectivity index (χ2v) is 10.9. The van der Waals surface area contributed by atoms with Crippen molar-refractivity contribution in [1.82, 2.24) is 4.98 Å². The fraction of sp³-hybridized carbons (Fsp3) is 0.500. The standard InChI is InChI=1S/C34H47N3O/c1-2-3-4-5-6-7-8-9-10-11-12-13-14-19-26-37-32-23-18-17-22-31(32)36-34(37)35-27-30-29-21-16-15-20-28(29)24-25-33(30)38/h15-18,20-25H,2-14,19,26-27H2,1H3,(H2,35,36,38). The van der Waals surface area contributed by atoms with Crippen LogP contribution < -0.4 is 15.0 Å². The fourth-order valence-corrected chi connectivity index (χ4v) is 5.64. The van der Waals surface area contributed by atoms with Crippen molar-refractivity contribution in [2.24, 2.45) is 0 Å². The number of fused-ring (bicyclic) bond motifs is 2. The van der Waals surface area contributed by atoms with Gasteiger partial charge in [0.15, 0.2) is 0 Å². The van der Waals surface area contributed by atoms with E-state index < -0.39 is 0 Å². The summed E-state index contributed by atoms with van der Waals surface area (Å²) in [5, 5.41) is 18.4. The van der Waals surface area contributed by atoms with Gasteiger partial charge in [-0.3, -0.25) is 5.32 Å². The highest BCUT2D eigenvalue weighted by atomic mass is 16.3. The molecule has 0 saturated heterocycles. The van der Waals surface area contributed by atoms with Crippen LogP contribution in [0.5, 0.6) is 5.75 Å². The van der Waals surface area contributed by atoms with Gasteiger partial charge in [0.25, 0.3) is 0 Å². The van der Waals surface area contributed by atoms with Gasteiger partial charge in [-0.25, -0.2) is 9.55 Å². The number of unbranched alkanes of at least 4 members (excludes halogenated alkanes) is 13. The molecule has 4 aromatic rings. The Kier molecular flexibility index (Phi) is 11.4. The zero-order valence-corrected chi connectivity index (χ0v) is 23.4. The molecule has 0 radical (unpaired) electrons. The lowest BCUT2D eigenvalue weighted by Gasteiger charge is -2.15. The zero-order chi connectivity index (χ0) is 26.4. The van der Waals surface area contributed by atoms with Gasteiger partial charge in [0.2, 0.25) is 0 Å². The lowest BCUT2D eigenvalue weighted by molar-refractivity contribution is -0.657. The molecule has 2 N–H and O–H groups in total. The number of hydrogen-bond donors (Lipinski definition) is 2. The van der Waals surface area contributed by atoms with Crippen LogP contribution in [0.2, 0.25) is 0 Å².